The van der Waals surface area contributed by atoms with Crippen LogP contribution in [-0.2, 0) is 0 Å². The predicted octanol–water partition coefficient (Wildman–Crippen LogP) is 5.28. The van der Waals surface area contributed by atoms with Gasteiger partial charge in [-0.2, -0.15) is 0 Å². The quantitative estimate of drug-likeness (QED) is 0.559. The van der Waals surface area contributed by atoms with Crippen molar-refractivity contribution in [2.45, 2.75) is 32.7 Å². The lowest BCUT2D eigenvalue weighted by atomic mass is 9.95. The molecular formula is C19H22N2O2. The summed E-state index contributed by atoms with van der Waals surface area (Å²) in [6.45, 7) is 4.26. The Bertz CT molecular complexity index is 664. The predicted molar refractivity (Wildman–Crippen MR) is 95.5 cm³/mol. The zero-order valence-electron chi connectivity index (χ0n) is 13.5. The normalized spacial score (nSPS) is 12.7. The van der Waals surface area contributed by atoms with E-state index in [0.717, 1.165) is 18.5 Å². The third kappa shape index (κ3) is 4.42. The maximum atomic E-state index is 10.7. The molecule has 0 aromatic heterocycles. The average molecular weight is 310 g/mol. The van der Waals surface area contributed by atoms with Crippen molar-refractivity contribution in [3.05, 3.63) is 76.4 Å². The summed E-state index contributed by atoms with van der Waals surface area (Å²) in [7, 11) is 0. The van der Waals surface area contributed by atoms with E-state index in [0.29, 0.717) is 0 Å². The Hall–Kier alpha value is -2.62. The smallest absolute Gasteiger partial charge is 0.269 e. The fourth-order valence-corrected chi connectivity index (χ4v) is 2.59. The van der Waals surface area contributed by atoms with Crippen LogP contribution in [-0.4, -0.2) is 11.0 Å². The van der Waals surface area contributed by atoms with Crippen molar-refractivity contribution < 1.29 is 4.92 Å². The molecule has 2 aromatic rings. The van der Waals surface area contributed by atoms with Gasteiger partial charge in [-0.1, -0.05) is 50.3 Å². The van der Waals surface area contributed by atoms with E-state index in [2.05, 4.69) is 37.4 Å². The van der Waals surface area contributed by atoms with Crippen molar-refractivity contribution in [3.8, 4) is 0 Å². The molecule has 0 bridgehead atoms. The fraction of sp³-hybridized carbons (Fsp3) is 0.263. The first kappa shape index (κ1) is 16.7. The molecule has 0 saturated heterocycles. The molecule has 4 nitrogen and oxygen atoms in total. The molecule has 0 radical (unpaired) electrons. The van der Waals surface area contributed by atoms with Gasteiger partial charge in [-0.15, -0.1) is 0 Å². The lowest BCUT2D eigenvalue weighted by molar-refractivity contribution is -0.384. The maximum absolute atomic E-state index is 10.7. The van der Waals surface area contributed by atoms with Gasteiger partial charge in [0.15, 0.2) is 0 Å². The first-order chi connectivity index (χ1) is 11.2. The molecule has 0 aliphatic rings. The van der Waals surface area contributed by atoms with Crippen LogP contribution in [0.5, 0.6) is 0 Å². The van der Waals surface area contributed by atoms with Gasteiger partial charge in [0.1, 0.15) is 0 Å². The highest BCUT2D eigenvalue weighted by Gasteiger charge is 2.14. The zero-order valence-corrected chi connectivity index (χ0v) is 13.5. The van der Waals surface area contributed by atoms with E-state index in [1.807, 2.05) is 18.2 Å². The minimum Gasteiger partial charge on any atom is -0.378 e. The standard InChI is InChI=1S/C19H22N2O2/c1-3-8-18(15-9-6-5-7-10-15)19(4-2)20-16-11-13-17(14-12-16)21(22)23/h5-14,19-20H,3-4H2,1-2H3/b18-8+. The second kappa shape index (κ2) is 8.13. The number of rotatable bonds is 7. The highest BCUT2D eigenvalue weighted by molar-refractivity contribution is 5.72. The van der Waals surface area contributed by atoms with Crippen LogP contribution in [0, 0.1) is 10.1 Å². The Morgan fingerprint density at radius 3 is 2.30 bits per heavy atom. The molecule has 23 heavy (non-hydrogen) atoms. The van der Waals surface area contributed by atoms with E-state index < -0.39 is 0 Å². The van der Waals surface area contributed by atoms with Gasteiger partial charge in [0.2, 0.25) is 0 Å². The van der Waals surface area contributed by atoms with Gasteiger partial charge in [-0.25, -0.2) is 0 Å². The number of nitro benzene ring substituents is 1. The highest BCUT2D eigenvalue weighted by atomic mass is 16.6. The molecule has 1 N–H and O–H groups in total. The minimum absolute atomic E-state index is 0.107. The topological polar surface area (TPSA) is 55.2 Å². The second-order valence-corrected chi connectivity index (χ2v) is 5.34. The summed E-state index contributed by atoms with van der Waals surface area (Å²) in [5.74, 6) is 0. The lowest BCUT2D eigenvalue weighted by Gasteiger charge is -2.22. The number of non-ortho nitro benzene ring substituents is 1. The number of allylic oxidation sites excluding steroid dienone is 1. The summed E-state index contributed by atoms with van der Waals surface area (Å²) >= 11 is 0. The molecule has 0 aliphatic heterocycles. The van der Waals surface area contributed by atoms with Crippen LogP contribution >= 0.6 is 0 Å². The number of hydrogen-bond donors (Lipinski definition) is 1. The molecule has 0 heterocycles. The van der Waals surface area contributed by atoms with Gasteiger partial charge < -0.3 is 5.32 Å². The minimum atomic E-state index is -0.381. The van der Waals surface area contributed by atoms with E-state index in [1.165, 1.54) is 23.3 Å². The molecular weight excluding hydrogens is 288 g/mol. The third-order valence-corrected chi connectivity index (χ3v) is 3.73. The molecule has 1 unspecified atom stereocenters. The van der Waals surface area contributed by atoms with Gasteiger partial charge >= 0.3 is 0 Å². The number of nitro groups is 1. The van der Waals surface area contributed by atoms with E-state index in [1.54, 1.807) is 12.1 Å². The first-order valence-electron chi connectivity index (χ1n) is 7.92. The van der Waals surface area contributed by atoms with Crippen LogP contribution in [0.3, 0.4) is 0 Å². The largest absolute Gasteiger partial charge is 0.378 e. The fourth-order valence-electron chi connectivity index (χ4n) is 2.59. The monoisotopic (exact) mass is 310 g/mol. The van der Waals surface area contributed by atoms with Crippen molar-refractivity contribution in [2.75, 3.05) is 5.32 Å². The number of hydrogen-bond acceptors (Lipinski definition) is 3. The second-order valence-electron chi connectivity index (χ2n) is 5.34. The molecule has 0 amide bonds. The Kier molecular flexibility index (Phi) is 5.92. The number of anilines is 1. The Labute approximate surface area is 137 Å². The SMILES string of the molecule is CC/C=C(\c1ccccc1)C(CC)Nc1ccc([N+](=O)[O-])cc1. The van der Waals surface area contributed by atoms with Crippen molar-refractivity contribution in [3.63, 3.8) is 0 Å². The molecule has 4 heteroatoms. The van der Waals surface area contributed by atoms with Gasteiger partial charge in [-0.3, -0.25) is 10.1 Å². The zero-order chi connectivity index (χ0) is 16.7. The molecule has 0 aliphatic carbocycles. The Morgan fingerprint density at radius 1 is 1.13 bits per heavy atom. The van der Waals surface area contributed by atoms with Crippen molar-refractivity contribution in [2.24, 2.45) is 0 Å². The molecule has 1 atom stereocenters. The summed E-state index contributed by atoms with van der Waals surface area (Å²) in [6.07, 6.45) is 4.13. The van der Waals surface area contributed by atoms with E-state index in [4.69, 9.17) is 0 Å². The van der Waals surface area contributed by atoms with Gasteiger partial charge in [-0.05, 0) is 36.1 Å². The van der Waals surface area contributed by atoms with Crippen LogP contribution in [0.2, 0.25) is 0 Å². The molecule has 120 valence electrons. The molecule has 2 aromatic carbocycles. The molecule has 0 spiro atoms. The van der Waals surface area contributed by atoms with E-state index in [9.17, 15) is 10.1 Å². The van der Waals surface area contributed by atoms with Crippen LogP contribution in [0.15, 0.2) is 60.7 Å². The van der Waals surface area contributed by atoms with Gasteiger partial charge in [0, 0.05) is 17.8 Å². The number of nitrogens with zero attached hydrogens (tertiary/aromatic N) is 1. The molecule has 0 fully saturated rings. The lowest BCUT2D eigenvalue weighted by Crippen LogP contribution is -2.20. The third-order valence-electron chi connectivity index (χ3n) is 3.73. The van der Waals surface area contributed by atoms with Gasteiger partial charge in [0.05, 0.1) is 11.0 Å². The summed E-state index contributed by atoms with van der Waals surface area (Å²) in [4.78, 5) is 10.4. The van der Waals surface area contributed by atoms with Crippen LogP contribution in [0.25, 0.3) is 5.57 Å². The highest BCUT2D eigenvalue weighted by Crippen LogP contribution is 2.25. The average Bonchev–Trinajstić information content (AvgIpc) is 2.59. The van der Waals surface area contributed by atoms with E-state index >= 15 is 0 Å². The van der Waals surface area contributed by atoms with E-state index in [-0.39, 0.29) is 16.7 Å². The number of nitrogens with one attached hydrogen (secondary N) is 1. The Balaban J connectivity index is 2.23. The maximum Gasteiger partial charge on any atom is 0.269 e. The Morgan fingerprint density at radius 2 is 1.78 bits per heavy atom. The number of benzene rings is 2. The summed E-state index contributed by atoms with van der Waals surface area (Å²) in [5, 5.41) is 14.2. The van der Waals surface area contributed by atoms with Crippen LogP contribution in [0.1, 0.15) is 32.3 Å². The van der Waals surface area contributed by atoms with Crippen molar-refractivity contribution >= 4 is 16.9 Å². The summed E-state index contributed by atoms with van der Waals surface area (Å²) in [6, 6.07) is 17.1. The molecule has 0 saturated carbocycles. The summed E-state index contributed by atoms with van der Waals surface area (Å²) in [5.41, 5.74) is 3.46. The van der Waals surface area contributed by atoms with Crippen LogP contribution < -0.4 is 5.32 Å². The van der Waals surface area contributed by atoms with Crippen molar-refractivity contribution in [1.82, 2.24) is 0 Å². The summed E-state index contributed by atoms with van der Waals surface area (Å²) < 4.78 is 0. The van der Waals surface area contributed by atoms with Crippen molar-refractivity contribution in [1.29, 1.82) is 0 Å². The first-order valence-corrected chi connectivity index (χ1v) is 7.92. The van der Waals surface area contributed by atoms with Gasteiger partial charge in [0.25, 0.3) is 5.69 Å². The molecule has 2 rings (SSSR count). The van der Waals surface area contributed by atoms with Crippen LogP contribution in [0.4, 0.5) is 11.4 Å².